The van der Waals surface area contributed by atoms with E-state index in [1.54, 1.807) is 0 Å². The highest BCUT2D eigenvalue weighted by molar-refractivity contribution is 6.30. The van der Waals surface area contributed by atoms with Crippen LogP contribution in [0, 0.1) is 0 Å². The standard InChI is InChI=1S/C13H13ClN2O/c14-10-3-1-9(2-4-10)13-7-12(16-17-13)8-15-11-5-6-11/h1-4,7,11,15H,5-6,8H2. The third kappa shape index (κ3) is 2.68. The summed E-state index contributed by atoms with van der Waals surface area (Å²) in [5.74, 6) is 0.786. The summed E-state index contributed by atoms with van der Waals surface area (Å²) >= 11 is 5.84. The lowest BCUT2D eigenvalue weighted by Gasteiger charge is -1.96. The summed E-state index contributed by atoms with van der Waals surface area (Å²) in [6, 6.07) is 10.2. The minimum atomic E-state index is 0.686. The molecule has 0 spiro atoms. The highest BCUT2D eigenvalue weighted by Crippen LogP contribution is 2.23. The topological polar surface area (TPSA) is 38.1 Å². The van der Waals surface area contributed by atoms with Crippen molar-refractivity contribution < 1.29 is 4.52 Å². The van der Waals surface area contributed by atoms with E-state index in [9.17, 15) is 0 Å². The molecule has 0 radical (unpaired) electrons. The van der Waals surface area contributed by atoms with Gasteiger partial charge in [0.05, 0.1) is 5.69 Å². The van der Waals surface area contributed by atoms with Gasteiger partial charge in [-0.15, -0.1) is 0 Å². The molecule has 0 saturated heterocycles. The molecule has 0 aliphatic heterocycles. The Kier molecular flexibility index (Phi) is 2.87. The Morgan fingerprint density at radius 3 is 2.76 bits per heavy atom. The molecule has 3 nitrogen and oxygen atoms in total. The van der Waals surface area contributed by atoms with Gasteiger partial charge in [-0.3, -0.25) is 0 Å². The van der Waals surface area contributed by atoms with Gasteiger partial charge < -0.3 is 9.84 Å². The first-order valence-electron chi connectivity index (χ1n) is 5.76. The molecule has 3 rings (SSSR count). The van der Waals surface area contributed by atoms with Crippen molar-refractivity contribution in [3.05, 3.63) is 41.0 Å². The van der Waals surface area contributed by atoms with Gasteiger partial charge in [0.2, 0.25) is 0 Å². The Bertz CT molecular complexity index is 502. The highest BCUT2D eigenvalue weighted by atomic mass is 35.5. The number of aromatic nitrogens is 1. The van der Waals surface area contributed by atoms with Crippen LogP contribution in [0.15, 0.2) is 34.9 Å². The largest absolute Gasteiger partial charge is 0.356 e. The molecular formula is C13H13ClN2O. The predicted molar refractivity (Wildman–Crippen MR) is 66.8 cm³/mol. The van der Waals surface area contributed by atoms with Gasteiger partial charge in [-0.2, -0.15) is 0 Å². The second kappa shape index (κ2) is 4.51. The minimum absolute atomic E-state index is 0.686. The molecule has 0 unspecified atom stereocenters. The Morgan fingerprint density at radius 1 is 1.29 bits per heavy atom. The monoisotopic (exact) mass is 248 g/mol. The zero-order valence-electron chi connectivity index (χ0n) is 9.32. The molecule has 1 saturated carbocycles. The maximum atomic E-state index is 5.84. The van der Waals surface area contributed by atoms with Gasteiger partial charge in [0.1, 0.15) is 0 Å². The normalized spacial score (nSPS) is 15.1. The van der Waals surface area contributed by atoms with Gasteiger partial charge in [-0.05, 0) is 37.1 Å². The molecule has 0 atom stereocenters. The molecule has 2 aromatic rings. The van der Waals surface area contributed by atoms with Crippen LogP contribution in [-0.4, -0.2) is 11.2 Å². The summed E-state index contributed by atoms with van der Waals surface area (Å²) < 4.78 is 5.31. The lowest BCUT2D eigenvalue weighted by molar-refractivity contribution is 0.420. The first-order valence-corrected chi connectivity index (χ1v) is 6.14. The lowest BCUT2D eigenvalue weighted by atomic mass is 10.1. The maximum absolute atomic E-state index is 5.84. The van der Waals surface area contributed by atoms with Crippen molar-refractivity contribution >= 4 is 11.6 Å². The van der Waals surface area contributed by atoms with Gasteiger partial charge in [0.15, 0.2) is 5.76 Å². The SMILES string of the molecule is Clc1ccc(-c2cc(CNC3CC3)no2)cc1. The Balaban J connectivity index is 1.72. The van der Waals surface area contributed by atoms with Crippen molar-refractivity contribution in [2.75, 3.05) is 0 Å². The predicted octanol–water partition coefficient (Wildman–Crippen LogP) is 3.25. The summed E-state index contributed by atoms with van der Waals surface area (Å²) in [5.41, 5.74) is 1.95. The second-order valence-corrected chi connectivity index (χ2v) is 4.78. The molecule has 0 amide bonds. The highest BCUT2D eigenvalue weighted by Gasteiger charge is 2.20. The Hall–Kier alpha value is -1.32. The van der Waals surface area contributed by atoms with E-state index in [1.807, 2.05) is 30.3 Å². The molecule has 0 bridgehead atoms. The fourth-order valence-corrected chi connectivity index (χ4v) is 1.81. The lowest BCUT2D eigenvalue weighted by Crippen LogP contribution is -2.15. The zero-order valence-corrected chi connectivity index (χ0v) is 10.1. The van der Waals surface area contributed by atoms with E-state index in [0.29, 0.717) is 6.04 Å². The van der Waals surface area contributed by atoms with E-state index < -0.39 is 0 Å². The number of nitrogens with one attached hydrogen (secondary N) is 1. The molecule has 1 aromatic carbocycles. The third-order valence-electron chi connectivity index (χ3n) is 2.84. The smallest absolute Gasteiger partial charge is 0.167 e. The van der Waals surface area contributed by atoms with Crippen molar-refractivity contribution in [1.82, 2.24) is 10.5 Å². The van der Waals surface area contributed by atoms with Gasteiger partial charge >= 0.3 is 0 Å². The van der Waals surface area contributed by atoms with Crippen LogP contribution in [0.3, 0.4) is 0 Å². The minimum Gasteiger partial charge on any atom is -0.356 e. The van der Waals surface area contributed by atoms with Gasteiger partial charge in [-0.25, -0.2) is 0 Å². The molecule has 1 N–H and O–H groups in total. The van der Waals surface area contributed by atoms with Crippen molar-refractivity contribution in [2.45, 2.75) is 25.4 Å². The summed E-state index contributed by atoms with van der Waals surface area (Å²) in [5, 5.41) is 8.17. The van der Waals surface area contributed by atoms with E-state index in [2.05, 4.69) is 10.5 Å². The van der Waals surface area contributed by atoms with Crippen LogP contribution in [0.1, 0.15) is 18.5 Å². The van der Waals surface area contributed by atoms with E-state index in [4.69, 9.17) is 16.1 Å². The summed E-state index contributed by atoms with van der Waals surface area (Å²) in [6.45, 7) is 0.780. The molecule has 17 heavy (non-hydrogen) atoms. The fourth-order valence-electron chi connectivity index (χ4n) is 1.68. The summed E-state index contributed by atoms with van der Waals surface area (Å²) in [7, 11) is 0. The van der Waals surface area contributed by atoms with Crippen molar-refractivity contribution in [3.8, 4) is 11.3 Å². The molecule has 1 aliphatic carbocycles. The molecule has 1 aromatic heterocycles. The summed E-state index contributed by atoms with van der Waals surface area (Å²) in [6.07, 6.45) is 2.56. The number of rotatable bonds is 4. The van der Waals surface area contributed by atoms with Crippen LogP contribution in [0.4, 0.5) is 0 Å². The van der Waals surface area contributed by atoms with Gasteiger partial charge in [0, 0.05) is 29.2 Å². The molecule has 1 aliphatic rings. The molecule has 88 valence electrons. The second-order valence-electron chi connectivity index (χ2n) is 4.34. The molecule has 4 heteroatoms. The molecule has 1 fully saturated rings. The van der Waals surface area contributed by atoms with Crippen LogP contribution in [-0.2, 0) is 6.54 Å². The average Bonchev–Trinajstić information content (AvgIpc) is 3.06. The molecule has 1 heterocycles. The first-order chi connectivity index (χ1) is 8.31. The van der Waals surface area contributed by atoms with E-state index in [1.165, 1.54) is 12.8 Å². The van der Waals surface area contributed by atoms with E-state index in [0.717, 1.165) is 28.6 Å². The number of hydrogen-bond acceptors (Lipinski definition) is 3. The quantitative estimate of drug-likeness (QED) is 0.903. The fraction of sp³-hybridized carbons (Fsp3) is 0.308. The van der Waals surface area contributed by atoms with Crippen LogP contribution < -0.4 is 5.32 Å². The van der Waals surface area contributed by atoms with Crippen LogP contribution >= 0.6 is 11.6 Å². The van der Waals surface area contributed by atoms with E-state index >= 15 is 0 Å². The number of benzene rings is 1. The Labute approximate surface area is 105 Å². The molecular weight excluding hydrogens is 236 g/mol. The third-order valence-corrected chi connectivity index (χ3v) is 3.09. The zero-order chi connectivity index (χ0) is 11.7. The number of nitrogens with zero attached hydrogens (tertiary/aromatic N) is 1. The van der Waals surface area contributed by atoms with Crippen LogP contribution in [0.2, 0.25) is 5.02 Å². The van der Waals surface area contributed by atoms with Crippen LogP contribution in [0.25, 0.3) is 11.3 Å². The first kappa shape index (κ1) is 10.8. The van der Waals surface area contributed by atoms with Crippen molar-refractivity contribution in [2.24, 2.45) is 0 Å². The van der Waals surface area contributed by atoms with Gasteiger partial charge in [0.25, 0.3) is 0 Å². The average molecular weight is 249 g/mol. The van der Waals surface area contributed by atoms with Gasteiger partial charge in [-0.1, -0.05) is 16.8 Å². The maximum Gasteiger partial charge on any atom is 0.167 e. The van der Waals surface area contributed by atoms with Crippen molar-refractivity contribution in [1.29, 1.82) is 0 Å². The summed E-state index contributed by atoms with van der Waals surface area (Å²) in [4.78, 5) is 0. The van der Waals surface area contributed by atoms with Crippen LogP contribution in [0.5, 0.6) is 0 Å². The van der Waals surface area contributed by atoms with Crippen molar-refractivity contribution in [3.63, 3.8) is 0 Å². The Morgan fingerprint density at radius 2 is 2.06 bits per heavy atom. The number of halogens is 1. The van der Waals surface area contributed by atoms with E-state index in [-0.39, 0.29) is 0 Å². The number of hydrogen-bond donors (Lipinski definition) is 1.